The summed E-state index contributed by atoms with van der Waals surface area (Å²) in [5.74, 6) is 0.849. The highest BCUT2D eigenvalue weighted by atomic mass is 16.3. The highest BCUT2D eigenvalue weighted by Crippen LogP contribution is 2.49. The van der Waals surface area contributed by atoms with Crippen LogP contribution in [0.3, 0.4) is 0 Å². The van der Waals surface area contributed by atoms with Crippen molar-refractivity contribution in [2.75, 3.05) is 0 Å². The molecule has 76 valence electrons. The quantitative estimate of drug-likeness (QED) is 0.610. The Hall–Kier alpha value is -0.0400. The van der Waals surface area contributed by atoms with Gasteiger partial charge in [0.15, 0.2) is 0 Å². The van der Waals surface area contributed by atoms with E-state index in [1.54, 1.807) is 0 Å². The molecule has 2 saturated carbocycles. The monoisotopic (exact) mass is 182 g/mol. The number of aliphatic hydroxyl groups is 1. The predicted molar refractivity (Wildman–Crippen MR) is 54.5 cm³/mol. The van der Waals surface area contributed by atoms with Gasteiger partial charge in [-0.25, -0.2) is 0 Å². The minimum atomic E-state index is 0.0176. The van der Waals surface area contributed by atoms with E-state index in [9.17, 15) is 5.11 Å². The first-order valence-electron chi connectivity index (χ1n) is 5.91. The van der Waals surface area contributed by atoms with E-state index in [1.165, 1.54) is 44.9 Å². The first kappa shape index (κ1) is 9.51. The second kappa shape index (κ2) is 3.61. The van der Waals surface area contributed by atoms with Gasteiger partial charge >= 0.3 is 0 Å². The molecule has 2 unspecified atom stereocenters. The summed E-state index contributed by atoms with van der Waals surface area (Å²) < 4.78 is 0. The van der Waals surface area contributed by atoms with Crippen LogP contribution >= 0.6 is 0 Å². The van der Waals surface area contributed by atoms with Crippen molar-refractivity contribution in [2.24, 2.45) is 11.3 Å². The highest BCUT2D eigenvalue weighted by Gasteiger charge is 2.42. The Kier molecular flexibility index (Phi) is 2.64. The molecule has 0 bridgehead atoms. The van der Waals surface area contributed by atoms with Gasteiger partial charge in [0, 0.05) is 0 Å². The van der Waals surface area contributed by atoms with E-state index in [-0.39, 0.29) is 6.10 Å². The first-order chi connectivity index (χ1) is 6.23. The summed E-state index contributed by atoms with van der Waals surface area (Å²) in [6, 6.07) is 0. The molecule has 1 spiro atoms. The molecule has 0 radical (unpaired) electrons. The molecular formula is C12H22O. The second-order valence-corrected chi connectivity index (χ2v) is 5.33. The molecule has 13 heavy (non-hydrogen) atoms. The molecule has 0 aromatic rings. The maximum absolute atomic E-state index is 10.1. The maximum Gasteiger partial charge on any atom is 0.0596 e. The lowest BCUT2D eigenvalue weighted by molar-refractivity contribution is -0.0517. The van der Waals surface area contributed by atoms with E-state index in [4.69, 9.17) is 0 Å². The molecule has 0 amide bonds. The van der Waals surface area contributed by atoms with E-state index < -0.39 is 0 Å². The summed E-state index contributed by atoms with van der Waals surface area (Å²) in [7, 11) is 0. The summed E-state index contributed by atoms with van der Waals surface area (Å²) in [5, 5.41) is 10.1. The van der Waals surface area contributed by atoms with Gasteiger partial charge in [0.05, 0.1) is 6.10 Å². The molecule has 2 rings (SSSR count). The van der Waals surface area contributed by atoms with Gasteiger partial charge in [0.2, 0.25) is 0 Å². The normalized spacial score (nSPS) is 39.2. The molecule has 0 saturated heterocycles. The number of aliphatic hydroxyl groups excluding tert-OH is 1. The van der Waals surface area contributed by atoms with Crippen LogP contribution in [0, 0.1) is 11.3 Å². The lowest BCUT2D eigenvalue weighted by atomic mass is 9.61. The molecule has 2 aliphatic carbocycles. The number of hydrogen-bond donors (Lipinski definition) is 1. The lowest BCUT2D eigenvalue weighted by Crippen LogP contribution is -2.42. The first-order valence-corrected chi connectivity index (χ1v) is 5.91. The summed E-state index contributed by atoms with van der Waals surface area (Å²) in [5.41, 5.74) is 0.343. The summed E-state index contributed by atoms with van der Waals surface area (Å²) >= 11 is 0. The van der Waals surface area contributed by atoms with Crippen molar-refractivity contribution < 1.29 is 5.11 Å². The van der Waals surface area contributed by atoms with Gasteiger partial charge in [-0.2, -0.15) is 0 Å². The van der Waals surface area contributed by atoms with Crippen molar-refractivity contribution in [3.8, 4) is 0 Å². The molecule has 1 N–H and O–H groups in total. The molecule has 2 fully saturated rings. The van der Waals surface area contributed by atoms with Crippen LogP contribution in [-0.4, -0.2) is 11.2 Å². The molecule has 2 aliphatic rings. The molecule has 2 atom stereocenters. The highest BCUT2D eigenvalue weighted by molar-refractivity contribution is 4.93. The largest absolute Gasteiger partial charge is 0.393 e. The van der Waals surface area contributed by atoms with Crippen LogP contribution in [0.2, 0.25) is 0 Å². The van der Waals surface area contributed by atoms with Crippen LogP contribution in [0.4, 0.5) is 0 Å². The molecule has 1 nitrogen and oxygen atoms in total. The Bertz CT molecular complexity index is 170. The van der Waals surface area contributed by atoms with E-state index in [0.29, 0.717) is 5.41 Å². The number of hydrogen-bond acceptors (Lipinski definition) is 1. The maximum atomic E-state index is 10.1. The van der Waals surface area contributed by atoms with E-state index >= 15 is 0 Å². The Morgan fingerprint density at radius 3 is 2.46 bits per heavy atom. The van der Waals surface area contributed by atoms with Crippen molar-refractivity contribution in [2.45, 2.75) is 64.4 Å². The summed E-state index contributed by atoms with van der Waals surface area (Å²) in [6.07, 6.45) is 10.3. The molecule has 0 aromatic carbocycles. The van der Waals surface area contributed by atoms with Gasteiger partial charge in [-0.3, -0.25) is 0 Å². The van der Waals surface area contributed by atoms with Crippen molar-refractivity contribution >= 4 is 0 Å². The van der Waals surface area contributed by atoms with Gasteiger partial charge in [0.1, 0.15) is 0 Å². The van der Waals surface area contributed by atoms with Gasteiger partial charge in [-0.05, 0) is 43.4 Å². The fourth-order valence-electron chi connectivity index (χ4n) is 3.47. The Morgan fingerprint density at radius 1 is 1.08 bits per heavy atom. The van der Waals surface area contributed by atoms with Crippen molar-refractivity contribution in [3.63, 3.8) is 0 Å². The topological polar surface area (TPSA) is 20.2 Å². The van der Waals surface area contributed by atoms with Gasteiger partial charge in [-0.15, -0.1) is 0 Å². The van der Waals surface area contributed by atoms with Crippen LogP contribution in [-0.2, 0) is 0 Å². The third-order valence-corrected chi connectivity index (χ3v) is 4.24. The second-order valence-electron chi connectivity index (χ2n) is 5.33. The van der Waals surface area contributed by atoms with Crippen LogP contribution < -0.4 is 0 Å². The van der Waals surface area contributed by atoms with Crippen molar-refractivity contribution in [1.29, 1.82) is 0 Å². The molecule has 0 aliphatic heterocycles. The fraction of sp³-hybridized carbons (Fsp3) is 1.00. The zero-order chi connectivity index (χ0) is 9.31. The van der Waals surface area contributed by atoms with Crippen molar-refractivity contribution in [3.05, 3.63) is 0 Å². The molecule has 0 aromatic heterocycles. The van der Waals surface area contributed by atoms with E-state index in [1.807, 2.05) is 0 Å². The van der Waals surface area contributed by atoms with Crippen LogP contribution in [0.15, 0.2) is 0 Å². The smallest absolute Gasteiger partial charge is 0.0596 e. The SMILES string of the molecule is CC1CCC(O)C2(CCCCC2)C1. The fourth-order valence-corrected chi connectivity index (χ4v) is 3.47. The third-order valence-electron chi connectivity index (χ3n) is 4.24. The average molecular weight is 182 g/mol. The summed E-state index contributed by atoms with van der Waals surface area (Å²) in [4.78, 5) is 0. The van der Waals surface area contributed by atoms with Gasteiger partial charge < -0.3 is 5.11 Å². The molecule has 1 heteroatoms. The van der Waals surface area contributed by atoms with E-state index in [2.05, 4.69) is 6.92 Å². The molecular weight excluding hydrogens is 160 g/mol. The van der Waals surface area contributed by atoms with Crippen LogP contribution in [0.5, 0.6) is 0 Å². The van der Waals surface area contributed by atoms with Gasteiger partial charge in [0.25, 0.3) is 0 Å². The van der Waals surface area contributed by atoms with Crippen LogP contribution in [0.25, 0.3) is 0 Å². The zero-order valence-electron chi connectivity index (χ0n) is 8.76. The van der Waals surface area contributed by atoms with E-state index in [0.717, 1.165) is 12.3 Å². The van der Waals surface area contributed by atoms with Crippen LogP contribution in [0.1, 0.15) is 58.3 Å². The molecule has 0 heterocycles. The van der Waals surface area contributed by atoms with Gasteiger partial charge in [-0.1, -0.05) is 26.2 Å². The minimum absolute atomic E-state index is 0.0176. The third kappa shape index (κ3) is 1.76. The Balaban J connectivity index is 2.07. The Morgan fingerprint density at radius 2 is 1.77 bits per heavy atom. The Labute approximate surface area is 81.5 Å². The standard InChI is InChI=1S/C12H22O/c1-10-5-6-11(13)12(9-10)7-3-2-4-8-12/h10-11,13H,2-9H2,1H3. The number of rotatable bonds is 0. The van der Waals surface area contributed by atoms with Crippen molar-refractivity contribution in [1.82, 2.24) is 0 Å². The lowest BCUT2D eigenvalue weighted by Gasteiger charge is -2.46. The minimum Gasteiger partial charge on any atom is -0.393 e. The zero-order valence-corrected chi connectivity index (χ0v) is 8.76. The predicted octanol–water partition coefficient (Wildman–Crippen LogP) is 3.12. The average Bonchev–Trinajstić information content (AvgIpc) is 2.14. The summed E-state index contributed by atoms with van der Waals surface area (Å²) in [6.45, 7) is 2.35.